The summed E-state index contributed by atoms with van der Waals surface area (Å²) in [6.07, 6.45) is 0. The zero-order valence-electron chi connectivity index (χ0n) is 10.6. The average molecular weight is 252 g/mol. The second kappa shape index (κ2) is 6.55. The summed E-state index contributed by atoms with van der Waals surface area (Å²) >= 11 is 1.67. The van der Waals surface area contributed by atoms with Gasteiger partial charge >= 0.3 is 0 Å². The van der Waals surface area contributed by atoms with E-state index in [1.54, 1.807) is 23.9 Å². The number of anilines is 2. The Balaban J connectivity index is 2.48. The number of benzene rings is 1. The quantitative estimate of drug-likeness (QED) is 0.792. The van der Waals surface area contributed by atoms with Crippen LogP contribution >= 0.6 is 11.8 Å². The van der Waals surface area contributed by atoms with E-state index in [-0.39, 0.29) is 11.2 Å². The van der Waals surface area contributed by atoms with Crippen molar-refractivity contribution in [1.29, 1.82) is 0 Å². The minimum atomic E-state index is -0.0427. The van der Waals surface area contributed by atoms with Crippen molar-refractivity contribution in [2.24, 2.45) is 5.92 Å². The van der Waals surface area contributed by atoms with Gasteiger partial charge < -0.3 is 11.1 Å². The Labute approximate surface area is 107 Å². The molecule has 1 aromatic rings. The molecule has 0 radical (unpaired) electrons. The van der Waals surface area contributed by atoms with Gasteiger partial charge in [0, 0.05) is 11.4 Å². The van der Waals surface area contributed by atoms with Gasteiger partial charge in [-0.25, -0.2) is 0 Å². The molecule has 17 heavy (non-hydrogen) atoms. The summed E-state index contributed by atoms with van der Waals surface area (Å²) in [5, 5.41) is 2.82. The number of carbonyl (C=O) groups excluding carboxylic acids is 1. The van der Waals surface area contributed by atoms with E-state index in [9.17, 15) is 4.79 Å². The molecule has 94 valence electrons. The minimum absolute atomic E-state index is 0.0289. The molecule has 0 saturated carbocycles. The van der Waals surface area contributed by atoms with Crippen molar-refractivity contribution < 1.29 is 4.79 Å². The Morgan fingerprint density at radius 1 is 1.41 bits per heavy atom. The number of rotatable bonds is 5. The van der Waals surface area contributed by atoms with Crippen LogP contribution in [0.3, 0.4) is 0 Å². The fourth-order valence-electron chi connectivity index (χ4n) is 1.27. The number of hydrogen-bond donors (Lipinski definition) is 2. The number of hydrogen-bond acceptors (Lipinski definition) is 3. The number of thioether (sulfide) groups is 1. The van der Waals surface area contributed by atoms with Gasteiger partial charge in [-0.2, -0.15) is 0 Å². The minimum Gasteiger partial charge on any atom is -0.399 e. The van der Waals surface area contributed by atoms with E-state index in [4.69, 9.17) is 5.73 Å². The van der Waals surface area contributed by atoms with Crippen LogP contribution in [0.5, 0.6) is 0 Å². The maximum Gasteiger partial charge on any atom is 0.237 e. The Morgan fingerprint density at radius 2 is 2.12 bits per heavy atom. The van der Waals surface area contributed by atoms with Crippen LogP contribution in [0.15, 0.2) is 24.3 Å². The summed E-state index contributed by atoms with van der Waals surface area (Å²) in [5.74, 6) is 1.62. The monoisotopic (exact) mass is 252 g/mol. The lowest BCUT2D eigenvalue weighted by Crippen LogP contribution is -2.23. The third-order valence-corrected chi connectivity index (χ3v) is 3.78. The van der Waals surface area contributed by atoms with Gasteiger partial charge in [-0.1, -0.05) is 19.9 Å². The fourth-order valence-corrected chi connectivity index (χ4v) is 2.16. The molecule has 0 aromatic heterocycles. The van der Waals surface area contributed by atoms with Gasteiger partial charge in [-0.15, -0.1) is 11.8 Å². The van der Waals surface area contributed by atoms with Crippen molar-refractivity contribution >= 4 is 29.0 Å². The van der Waals surface area contributed by atoms with Crippen molar-refractivity contribution in [3.8, 4) is 0 Å². The molecule has 4 heteroatoms. The molecule has 0 bridgehead atoms. The summed E-state index contributed by atoms with van der Waals surface area (Å²) in [7, 11) is 0. The van der Waals surface area contributed by atoms with Gasteiger partial charge in [0.1, 0.15) is 0 Å². The van der Waals surface area contributed by atoms with Crippen LogP contribution in [-0.4, -0.2) is 16.9 Å². The molecule has 3 N–H and O–H groups in total. The lowest BCUT2D eigenvalue weighted by atomic mass is 10.3. The van der Waals surface area contributed by atoms with Crippen LogP contribution in [-0.2, 0) is 4.79 Å². The first kappa shape index (κ1) is 13.9. The third kappa shape index (κ3) is 5.13. The molecule has 0 saturated heterocycles. The molecule has 1 amide bonds. The standard InChI is InChI=1S/C13H20N2OS/c1-9(2)8-17-10(3)13(16)15-12-6-4-5-11(14)7-12/h4-7,9-10H,8,14H2,1-3H3,(H,15,16). The summed E-state index contributed by atoms with van der Waals surface area (Å²) in [6, 6.07) is 7.23. The first-order valence-corrected chi connectivity index (χ1v) is 6.82. The summed E-state index contributed by atoms with van der Waals surface area (Å²) in [4.78, 5) is 11.9. The highest BCUT2D eigenvalue weighted by Crippen LogP contribution is 2.18. The van der Waals surface area contributed by atoms with E-state index in [0.29, 0.717) is 11.6 Å². The molecule has 1 rings (SSSR count). The fraction of sp³-hybridized carbons (Fsp3) is 0.462. The highest BCUT2D eigenvalue weighted by molar-refractivity contribution is 8.00. The Kier molecular flexibility index (Phi) is 5.35. The van der Waals surface area contributed by atoms with Crippen molar-refractivity contribution in [3.63, 3.8) is 0 Å². The van der Waals surface area contributed by atoms with E-state index >= 15 is 0 Å². The summed E-state index contributed by atoms with van der Waals surface area (Å²) < 4.78 is 0. The molecule has 0 aliphatic heterocycles. The second-order valence-electron chi connectivity index (χ2n) is 4.48. The topological polar surface area (TPSA) is 55.1 Å². The van der Waals surface area contributed by atoms with E-state index in [1.807, 2.05) is 19.1 Å². The van der Waals surface area contributed by atoms with Crippen molar-refractivity contribution in [3.05, 3.63) is 24.3 Å². The Hall–Kier alpha value is -1.16. The van der Waals surface area contributed by atoms with Gasteiger partial charge in [0.2, 0.25) is 5.91 Å². The molecule has 0 heterocycles. The average Bonchev–Trinajstić information content (AvgIpc) is 2.25. The van der Waals surface area contributed by atoms with Crippen molar-refractivity contribution in [2.45, 2.75) is 26.0 Å². The van der Waals surface area contributed by atoms with Crippen LogP contribution in [0.1, 0.15) is 20.8 Å². The van der Waals surface area contributed by atoms with E-state index < -0.39 is 0 Å². The first-order chi connectivity index (χ1) is 7.99. The summed E-state index contributed by atoms with van der Waals surface area (Å²) in [6.45, 7) is 6.22. The molecule has 1 unspecified atom stereocenters. The normalized spacial score (nSPS) is 12.5. The molecule has 0 aliphatic rings. The molecule has 0 aliphatic carbocycles. The molecule has 0 fully saturated rings. The van der Waals surface area contributed by atoms with Crippen molar-refractivity contribution in [2.75, 3.05) is 16.8 Å². The number of nitrogen functional groups attached to an aromatic ring is 1. The van der Waals surface area contributed by atoms with Crippen LogP contribution in [0.25, 0.3) is 0 Å². The van der Waals surface area contributed by atoms with Crippen molar-refractivity contribution in [1.82, 2.24) is 0 Å². The number of amides is 1. The Bertz CT molecular complexity index is 379. The molecular formula is C13H20N2OS. The zero-order chi connectivity index (χ0) is 12.8. The van der Waals surface area contributed by atoms with Crippen LogP contribution in [0.2, 0.25) is 0 Å². The maximum atomic E-state index is 11.9. The zero-order valence-corrected chi connectivity index (χ0v) is 11.4. The summed E-state index contributed by atoms with van der Waals surface area (Å²) in [5.41, 5.74) is 7.07. The SMILES string of the molecule is CC(C)CSC(C)C(=O)Nc1cccc(N)c1. The molecular weight excluding hydrogens is 232 g/mol. The number of nitrogens with one attached hydrogen (secondary N) is 1. The highest BCUT2D eigenvalue weighted by atomic mass is 32.2. The molecule has 1 atom stereocenters. The third-order valence-electron chi connectivity index (χ3n) is 2.20. The lowest BCUT2D eigenvalue weighted by molar-refractivity contribution is -0.115. The predicted octanol–water partition coefficient (Wildman–Crippen LogP) is 2.99. The maximum absolute atomic E-state index is 11.9. The molecule has 3 nitrogen and oxygen atoms in total. The number of nitrogens with two attached hydrogens (primary N) is 1. The number of carbonyl (C=O) groups is 1. The Morgan fingerprint density at radius 3 is 2.71 bits per heavy atom. The predicted molar refractivity (Wildman–Crippen MR) is 76.2 cm³/mol. The second-order valence-corrected chi connectivity index (χ2v) is 5.86. The molecule has 0 spiro atoms. The van der Waals surface area contributed by atoms with Crippen LogP contribution < -0.4 is 11.1 Å². The highest BCUT2D eigenvalue weighted by Gasteiger charge is 2.13. The van der Waals surface area contributed by atoms with Gasteiger partial charge in [-0.05, 0) is 36.8 Å². The van der Waals surface area contributed by atoms with Gasteiger partial charge in [0.15, 0.2) is 0 Å². The van der Waals surface area contributed by atoms with Crippen LogP contribution in [0, 0.1) is 5.92 Å². The largest absolute Gasteiger partial charge is 0.399 e. The molecule has 1 aromatic carbocycles. The van der Waals surface area contributed by atoms with E-state index in [0.717, 1.165) is 11.4 Å². The van der Waals surface area contributed by atoms with E-state index in [2.05, 4.69) is 19.2 Å². The van der Waals surface area contributed by atoms with E-state index in [1.165, 1.54) is 0 Å². The van der Waals surface area contributed by atoms with Crippen LogP contribution in [0.4, 0.5) is 11.4 Å². The van der Waals surface area contributed by atoms with Gasteiger partial charge in [0.25, 0.3) is 0 Å². The van der Waals surface area contributed by atoms with Gasteiger partial charge in [0.05, 0.1) is 5.25 Å². The van der Waals surface area contributed by atoms with Gasteiger partial charge in [-0.3, -0.25) is 4.79 Å². The smallest absolute Gasteiger partial charge is 0.237 e. The lowest BCUT2D eigenvalue weighted by Gasteiger charge is -2.13. The first-order valence-electron chi connectivity index (χ1n) is 5.77.